The highest BCUT2D eigenvalue weighted by molar-refractivity contribution is 6.03. The third-order valence-corrected chi connectivity index (χ3v) is 4.65. The maximum Gasteiger partial charge on any atom is 0.338 e. The molecule has 0 saturated heterocycles. The van der Waals surface area contributed by atoms with Gasteiger partial charge in [0.05, 0.1) is 42.3 Å². The Morgan fingerprint density at radius 3 is 2.38 bits per heavy atom. The zero-order valence-corrected chi connectivity index (χ0v) is 17.1. The molecule has 166 valence electrons. The molecule has 0 bridgehead atoms. The molecule has 11 nitrogen and oxygen atoms in total. The summed E-state index contributed by atoms with van der Waals surface area (Å²) in [4.78, 5) is 46.6. The highest BCUT2D eigenvalue weighted by atomic mass is 16.6. The minimum Gasteiger partial charge on any atom is -0.503 e. The topological polar surface area (TPSA) is 147 Å². The number of ether oxygens (including phenoxy) is 3. The van der Waals surface area contributed by atoms with Gasteiger partial charge < -0.3 is 23.9 Å². The van der Waals surface area contributed by atoms with E-state index in [0.717, 1.165) is 6.07 Å². The van der Waals surface area contributed by atoms with E-state index in [9.17, 15) is 29.6 Å². The lowest BCUT2D eigenvalue weighted by Crippen LogP contribution is -2.23. The van der Waals surface area contributed by atoms with Gasteiger partial charge in [-0.05, 0) is 30.3 Å². The zero-order chi connectivity index (χ0) is 23.4. The number of non-ortho nitro benzene ring substituents is 1. The van der Waals surface area contributed by atoms with Gasteiger partial charge in [0, 0.05) is 17.5 Å². The van der Waals surface area contributed by atoms with Gasteiger partial charge in [-0.1, -0.05) is 0 Å². The molecule has 0 aliphatic heterocycles. The van der Waals surface area contributed by atoms with E-state index in [1.54, 1.807) is 0 Å². The molecule has 0 spiro atoms. The third-order valence-electron chi connectivity index (χ3n) is 4.65. The minimum absolute atomic E-state index is 0.00323. The molecule has 32 heavy (non-hydrogen) atoms. The molecule has 0 fully saturated rings. The lowest BCUT2D eigenvalue weighted by Gasteiger charge is -2.13. The van der Waals surface area contributed by atoms with Crippen LogP contribution >= 0.6 is 0 Å². The van der Waals surface area contributed by atoms with E-state index in [1.165, 1.54) is 55.2 Å². The van der Waals surface area contributed by atoms with E-state index in [0.29, 0.717) is 10.9 Å². The van der Waals surface area contributed by atoms with E-state index >= 15 is 0 Å². The van der Waals surface area contributed by atoms with Gasteiger partial charge in [0.15, 0.2) is 5.75 Å². The van der Waals surface area contributed by atoms with E-state index in [-0.39, 0.29) is 35.7 Å². The molecular weight excluding hydrogens is 424 g/mol. The Morgan fingerprint density at radius 1 is 1.03 bits per heavy atom. The Morgan fingerprint density at radius 2 is 1.72 bits per heavy atom. The SMILES string of the molecule is COC(=O)c1ccc(OCCn2c(=O)c(O)cc3cc([N+](=O)[O-])ccc32)cc1C(=O)OC. The number of rotatable bonds is 7. The molecule has 0 aliphatic carbocycles. The first-order valence-corrected chi connectivity index (χ1v) is 9.21. The molecule has 1 N–H and O–H groups in total. The number of benzene rings is 2. The number of methoxy groups -OCH3 is 2. The second kappa shape index (κ2) is 9.16. The molecule has 0 unspecified atom stereocenters. The number of carbonyl (C=O) groups is 2. The van der Waals surface area contributed by atoms with Gasteiger partial charge in [-0.2, -0.15) is 0 Å². The molecule has 0 saturated carbocycles. The van der Waals surface area contributed by atoms with Crippen molar-refractivity contribution < 1.29 is 33.8 Å². The monoisotopic (exact) mass is 442 g/mol. The molecule has 0 aliphatic rings. The van der Waals surface area contributed by atoms with Gasteiger partial charge in [-0.15, -0.1) is 0 Å². The molecule has 0 atom stereocenters. The summed E-state index contributed by atoms with van der Waals surface area (Å²) in [6, 6.07) is 9.19. The van der Waals surface area contributed by atoms with E-state index in [4.69, 9.17) is 4.74 Å². The number of nitro benzene ring substituents is 1. The van der Waals surface area contributed by atoms with E-state index in [2.05, 4.69) is 9.47 Å². The molecular formula is C21H18N2O9. The fourth-order valence-corrected chi connectivity index (χ4v) is 3.13. The van der Waals surface area contributed by atoms with Crippen LogP contribution in [0.25, 0.3) is 10.9 Å². The first-order chi connectivity index (χ1) is 15.3. The average Bonchev–Trinajstić information content (AvgIpc) is 2.79. The van der Waals surface area contributed by atoms with Crippen molar-refractivity contribution in [1.82, 2.24) is 4.57 Å². The van der Waals surface area contributed by atoms with Crippen molar-refractivity contribution in [3.8, 4) is 11.5 Å². The standard InChI is InChI=1S/C21H18N2O9/c1-30-20(26)15-5-4-14(11-16(15)21(27)31-2)32-8-7-22-17-6-3-13(23(28)29)9-12(17)10-18(24)19(22)25/h3-6,9-11,24H,7-8H2,1-2H3. The number of nitro groups is 1. The molecule has 0 amide bonds. The largest absolute Gasteiger partial charge is 0.503 e. The summed E-state index contributed by atoms with van der Waals surface area (Å²) in [5.74, 6) is -1.81. The molecule has 11 heteroatoms. The van der Waals surface area contributed by atoms with Crippen LogP contribution in [0.3, 0.4) is 0 Å². The van der Waals surface area contributed by atoms with Gasteiger partial charge in [0.25, 0.3) is 11.2 Å². The molecule has 1 heterocycles. The highest BCUT2D eigenvalue weighted by Crippen LogP contribution is 2.23. The Balaban J connectivity index is 1.87. The van der Waals surface area contributed by atoms with Gasteiger partial charge in [0.2, 0.25) is 0 Å². The molecule has 3 aromatic rings. The summed E-state index contributed by atoms with van der Waals surface area (Å²) < 4.78 is 16.2. The van der Waals surface area contributed by atoms with E-state index < -0.39 is 28.2 Å². The van der Waals surface area contributed by atoms with Crippen molar-refractivity contribution in [2.45, 2.75) is 6.54 Å². The molecule has 2 aromatic carbocycles. The van der Waals surface area contributed by atoms with Crippen molar-refractivity contribution in [2.24, 2.45) is 0 Å². The number of hydrogen-bond acceptors (Lipinski definition) is 9. The predicted octanol–water partition coefficient (Wildman–Crippen LogP) is 2.27. The maximum absolute atomic E-state index is 12.4. The summed E-state index contributed by atoms with van der Waals surface area (Å²) in [7, 11) is 2.35. The van der Waals surface area contributed by atoms with Crippen LogP contribution in [-0.2, 0) is 16.0 Å². The van der Waals surface area contributed by atoms with Gasteiger partial charge >= 0.3 is 11.9 Å². The summed E-state index contributed by atoms with van der Waals surface area (Å²) in [5.41, 5.74) is -0.545. The Hall–Kier alpha value is -4.41. The maximum atomic E-state index is 12.4. The first kappa shape index (κ1) is 22.3. The fraction of sp³-hybridized carbons (Fsp3) is 0.190. The summed E-state index contributed by atoms with van der Waals surface area (Å²) in [6.07, 6.45) is 0. The summed E-state index contributed by atoms with van der Waals surface area (Å²) in [5, 5.41) is 21.2. The lowest BCUT2D eigenvalue weighted by atomic mass is 10.1. The summed E-state index contributed by atoms with van der Waals surface area (Å²) in [6.45, 7) is -0.0541. The van der Waals surface area contributed by atoms with Gasteiger partial charge in [-0.25, -0.2) is 9.59 Å². The lowest BCUT2D eigenvalue weighted by molar-refractivity contribution is -0.384. The van der Waals surface area contributed by atoms with Crippen molar-refractivity contribution in [3.63, 3.8) is 0 Å². The zero-order valence-electron chi connectivity index (χ0n) is 17.1. The van der Waals surface area contributed by atoms with Crippen LogP contribution in [0.1, 0.15) is 20.7 Å². The van der Waals surface area contributed by atoms with Crippen molar-refractivity contribution >= 4 is 28.5 Å². The number of fused-ring (bicyclic) bond motifs is 1. The van der Waals surface area contributed by atoms with Gasteiger partial charge in [-0.3, -0.25) is 14.9 Å². The highest BCUT2D eigenvalue weighted by Gasteiger charge is 2.19. The quantitative estimate of drug-likeness (QED) is 0.330. The minimum atomic E-state index is -0.757. The molecule has 1 aromatic heterocycles. The number of aromatic hydroxyl groups is 1. The Bertz CT molecular complexity index is 1280. The van der Waals surface area contributed by atoms with Crippen LogP contribution in [0.2, 0.25) is 0 Å². The third kappa shape index (κ3) is 4.36. The van der Waals surface area contributed by atoms with Crippen molar-refractivity contribution in [2.75, 3.05) is 20.8 Å². The average molecular weight is 442 g/mol. The number of nitrogens with zero attached hydrogens (tertiary/aromatic N) is 2. The van der Waals surface area contributed by atoms with E-state index in [1.807, 2.05) is 0 Å². The van der Waals surface area contributed by atoms with Crippen molar-refractivity contribution in [1.29, 1.82) is 0 Å². The number of esters is 2. The van der Waals surface area contributed by atoms with Crippen LogP contribution in [0.5, 0.6) is 11.5 Å². The fourth-order valence-electron chi connectivity index (χ4n) is 3.13. The van der Waals surface area contributed by atoms with Crippen molar-refractivity contribution in [3.05, 3.63) is 74.1 Å². The second-order valence-corrected chi connectivity index (χ2v) is 6.53. The van der Waals surface area contributed by atoms with Gasteiger partial charge in [0.1, 0.15) is 12.4 Å². The first-order valence-electron chi connectivity index (χ1n) is 9.21. The smallest absolute Gasteiger partial charge is 0.338 e. The number of hydrogen-bond donors (Lipinski definition) is 1. The van der Waals surface area contributed by atoms with Crippen LogP contribution in [0.4, 0.5) is 5.69 Å². The van der Waals surface area contributed by atoms with Crippen LogP contribution in [-0.4, -0.2) is 47.4 Å². The Labute approximate surface area is 180 Å². The van der Waals surface area contributed by atoms with Crippen LogP contribution < -0.4 is 10.3 Å². The predicted molar refractivity (Wildman–Crippen MR) is 111 cm³/mol. The second-order valence-electron chi connectivity index (χ2n) is 6.53. The summed E-state index contributed by atoms with van der Waals surface area (Å²) >= 11 is 0. The van der Waals surface area contributed by atoms with Crippen LogP contribution in [0.15, 0.2) is 47.3 Å². The number of carbonyl (C=O) groups excluding carboxylic acids is 2. The molecule has 3 rings (SSSR count). The number of aromatic nitrogens is 1. The van der Waals surface area contributed by atoms with Crippen LogP contribution in [0, 0.1) is 10.1 Å². The Kier molecular flexibility index (Phi) is 6.38. The number of pyridine rings is 1. The molecule has 0 radical (unpaired) electrons. The normalized spacial score (nSPS) is 10.6.